The highest BCUT2D eigenvalue weighted by Gasteiger charge is 2.25. The standard InChI is InChI=1S/C24H29N5O5S/c1-16(2)29-12-10-22(27-29)35(31,32)28-24(30)26-23-19-6-4-5-17(19)7-8-20(23)18-9-11-25-21(15-18)34-14-13-33-3/h7-12,15-16H,4-6,13-14H2,1-3H3,(H2,26,28,30). The van der Waals surface area contributed by atoms with Gasteiger partial charge in [-0.25, -0.2) is 14.5 Å². The van der Waals surface area contributed by atoms with E-state index in [1.165, 1.54) is 10.7 Å². The van der Waals surface area contributed by atoms with E-state index in [1.807, 2.05) is 32.0 Å². The molecule has 0 saturated carbocycles. The lowest BCUT2D eigenvalue weighted by Gasteiger charge is -2.17. The second-order valence-electron chi connectivity index (χ2n) is 8.49. The first-order valence-corrected chi connectivity index (χ1v) is 12.9. The van der Waals surface area contributed by atoms with E-state index >= 15 is 0 Å². The van der Waals surface area contributed by atoms with Crippen molar-refractivity contribution >= 4 is 21.7 Å². The average Bonchev–Trinajstić information content (AvgIpc) is 3.50. The fraction of sp³-hybridized carbons (Fsp3) is 0.375. The van der Waals surface area contributed by atoms with Gasteiger partial charge in [0.05, 0.1) is 12.3 Å². The van der Waals surface area contributed by atoms with Crippen LogP contribution >= 0.6 is 0 Å². The third-order valence-electron chi connectivity index (χ3n) is 5.72. The van der Waals surface area contributed by atoms with E-state index in [9.17, 15) is 13.2 Å². The lowest BCUT2D eigenvalue weighted by atomic mass is 9.98. The van der Waals surface area contributed by atoms with E-state index in [1.54, 1.807) is 25.6 Å². The Hall–Kier alpha value is -3.44. The molecule has 2 heterocycles. The van der Waals surface area contributed by atoms with Gasteiger partial charge in [-0.05, 0) is 61.9 Å². The molecule has 4 rings (SSSR count). The van der Waals surface area contributed by atoms with Crippen LogP contribution < -0.4 is 14.8 Å². The fourth-order valence-corrected chi connectivity index (χ4v) is 4.84. The number of urea groups is 1. The van der Waals surface area contributed by atoms with Gasteiger partial charge in [0.1, 0.15) is 6.61 Å². The molecule has 11 heteroatoms. The van der Waals surface area contributed by atoms with Crippen LogP contribution in [0.25, 0.3) is 11.1 Å². The first-order chi connectivity index (χ1) is 16.8. The molecule has 1 aromatic carbocycles. The van der Waals surface area contributed by atoms with Gasteiger partial charge in [-0.3, -0.25) is 4.68 Å². The minimum atomic E-state index is -4.14. The van der Waals surface area contributed by atoms with Crippen molar-refractivity contribution in [3.05, 3.63) is 53.9 Å². The van der Waals surface area contributed by atoms with Crippen LogP contribution in [0.1, 0.15) is 37.4 Å². The van der Waals surface area contributed by atoms with Crippen molar-refractivity contribution in [1.29, 1.82) is 0 Å². The number of aromatic nitrogens is 3. The van der Waals surface area contributed by atoms with Gasteiger partial charge in [-0.15, -0.1) is 0 Å². The Morgan fingerprint density at radius 2 is 2.00 bits per heavy atom. The molecule has 3 aromatic rings. The number of carbonyl (C=O) groups excluding carboxylic acids is 1. The molecule has 0 bridgehead atoms. The maximum Gasteiger partial charge on any atom is 0.333 e. The number of hydrogen-bond donors (Lipinski definition) is 2. The average molecular weight is 500 g/mol. The number of ether oxygens (including phenoxy) is 2. The van der Waals surface area contributed by atoms with Crippen molar-refractivity contribution in [2.75, 3.05) is 25.6 Å². The second kappa shape index (κ2) is 10.4. The van der Waals surface area contributed by atoms with Crippen LogP contribution in [0, 0.1) is 0 Å². The normalized spacial score (nSPS) is 13.0. The van der Waals surface area contributed by atoms with Crippen molar-refractivity contribution in [3.8, 4) is 17.0 Å². The van der Waals surface area contributed by atoms with Gasteiger partial charge in [0.2, 0.25) is 5.88 Å². The molecule has 35 heavy (non-hydrogen) atoms. The summed E-state index contributed by atoms with van der Waals surface area (Å²) in [5.41, 5.74) is 4.25. The molecule has 1 aliphatic rings. The topological polar surface area (TPSA) is 124 Å². The number of pyridine rings is 1. The number of anilines is 1. The zero-order chi connectivity index (χ0) is 25.0. The molecule has 0 saturated heterocycles. The first kappa shape index (κ1) is 24.7. The van der Waals surface area contributed by atoms with Crippen molar-refractivity contribution in [3.63, 3.8) is 0 Å². The number of sulfonamides is 1. The maximum atomic E-state index is 12.9. The molecule has 0 atom stereocenters. The molecule has 2 amide bonds. The van der Waals surface area contributed by atoms with Crippen molar-refractivity contribution in [1.82, 2.24) is 19.5 Å². The Labute approximate surface area is 204 Å². The molecule has 2 aromatic heterocycles. The molecule has 186 valence electrons. The van der Waals surface area contributed by atoms with E-state index < -0.39 is 16.1 Å². The van der Waals surface area contributed by atoms with Crippen molar-refractivity contribution in [2.45, 2.75) is 44.2 Å². The summed E-state index contributed by atoms with van der Waals surface area (Å²) in [5, 5.41) is 6.64. The predicted molar refractivity (Wildman–Crippen MR) is 131 cm³/mol. The summed E-state index contributed by atoms with van der Waals surface area (Å²) in [7, 11) is -2.55. The van der Waals surface area contributed by atoms with Gasteiger partial charge in [0, 0.05) is 37.2 Å². The van der Waals surface area contributed by atoms with Crippen LogP contribution in [0.3, 0.4) is 0 Å². The monoisotopic (exact) mass is 499 g/mol. The van der Waals surface area contributed by atoms with E-state index in [0.29, 0.717) is 24.8 Å². The van der Waals surface area contributed by atoms with Gasteiger partial charge in [0.25, 0.3) is 10.0 Å². The molecule has 0 unspecified atom stereocenters. The summed E-state index contributed by atoms with van der Waals surface area (Å²) in [6, 6.07) is 8.07. The Balaban J connectivity index is 1.60. The fourth-order valence-electron chi connectivity index (χ4n) is 4.00. The smallest absolute Gasteiger partial charge is 0.333 e. The number of carbonyl (C=O) groups is 1. The van der Waals surface area contributed by atoms with E-state index in [0.717, 1.165) is 41.5 Å². The second-order valence-corrected chi connectivity index (χ2v) is 10.1. The Kier molecular flexibility index (Phi) is 7.37. The third kappa shape index (κ3) is 5.63. The lowest BCUT2D eigenvalue weighted by Crippen LogP contribution is -2.35. The number of nitrogens with zero attached hydrogens (tertiary/aromatic N) is 3. The SMILES string of the molecule is COCCOc1cc(-c2ccc3c(c2NC(=O)NS(=O)(=O)c2ccn(C(C)C)n2)CCC3)ccn1. The molecule has 1 aliphatic carbocycles. The zero-order valence-corrected chi connectivity index (χ0v) is 20.8. The molecular formula is C24H29N5O5S. The van der Waals surface area contributed by atoms with Crippen LogP contribution in [0.4, 0.5) is 10.5 Å². The predicted octanol–water partition coefficient (Wildman–Crippen LogP) is 3.55. The van der Waals surface area contributed by atoms with E-state index in [2.05, 4.69) is 20.1 Å². The van der Waals surface area contributed by atoms with E-state index in [4.69, 9.17) is 9.47 Å². The minimum absolute atomic E-state index is 0.00836. The number of benzene rings is 1. The lowest BCUT2D eigenvalue weighted by molar-refractivity contribution is 0.144. The number of methoxy groups -OCH3 is 1. The highest BCUT2D eigenvalue weighted by Crippen LogP contribution is 2.38. The summed E-state index contributed by atoms with van der Waals surface area (Å²) < 4.78 is 39.7. The number of rotatable bonds is 9. The molecule has 0 fully saturated rings. The number of nitrogens with one attached hydrogen (secondary N) is 2. The zero-order valence-electron chi connectivity index (χ0n) is 19.9. The Bertz CT molecular complexity index is 1320. The maximum absolute atomic E-state index is 12.9. The van der Waals surface area contributed by atoms with Gasteiger partial charge in [-0.1, -0.05) is 12.1 Å². The van der Waals surface area contributed by atoms with Crippen LogP contribution in [-0.2, 0) is 27.6 Å². The van der Waals surface area contributed by atoms with Gasteiger partial charge in [0.15, 0.2) is 5.03 Å². The summed E-state index contributed by atoms with van der Waals surface area (Å²) in [6.07, 6.45) is 5.84. The molecule has 0 spiro atoms. The first-order valence-electron chi connectivity index (χ1n) is 11.4. The summed E-state index contributed by atoms with van der Waals surface area (Å²) in [6.45, 7) is 4.55. The summed E-state index contributed by atoms with van der Waals surface area (Å²) >= 11 is 0. The molecule has 10 nitrogen and oxygen atoms in total. The molecule has 0 aliphatic heterocycles. The van der Waals surface area contributed by atoms with Crippen molar-refractivity contribution in [2.24, 2.45) is 0 Å². The van der Waals surface area contributed by atoms with Crippen LogP contribution in [0.2, 0.25) is 0 Å². The number of amides is 2. The largest absolute Gasteiger partial charge is 0.475 e. The highest BCUT2D eigenvalue weighted by atomic mass is 32.2. The van der Waals surface area contributed by atoms with Crippen LogP contribution in [0.15, 0.2) is 47.8 Å². The van der Waals surface area contributed by atoms with Crippen LogP contribution in [0.5, 0.6) is 5.88 Å². The quantitative estimate of drug-likeness (QED) is 0.431. The number of aryl methyl sites for hydroxylation is 1. The Morgan fingerprint density at radius 1 is 1.17 bits per heavy atom. The summed E-state index contributed by atoms with van der Waals surface area (Å²) in [5.74, 6) is 0.429. The Morgan fingerprint density at radius 3 is 2.74 bits per heavy atom. The molecule has 0 radical (unpaired) electrons. The third-order valence-corrected chi connectivity index (χ3v) is 6.94. The molecular weight excluding hydrogens is 470 g/mol. The van der Waals surface area contributed by atoms with Gasteiger partial charge in [-0.2, -0.15) is 13.5 Å². The number of fused-ring (bicyclic) bond motifs is 1. The van der Waals surface area contributed by atoms with Gasteiger partial charge < -0.3 is 14.8 Å². The van der Waals surface area contributed by atoms with E-state index in [-0.39, 0.29) is 11.1 Å². The minimum Gasteiger partial charge on any atom is -0.475 e. The van der Waals surface area contributed by atoms with Gasteiger partial charge >= 0.3 is 6.03 Å². The number of hydrogen-bond acceptors (Lipinski definition) is 7. The molecule has 2 N–H and O–H groups in total. The van der Waals surface area contributed by atoms with Crippen molar-refractivity contribution < 1.29 is 22.7 Å². The van der Waals surface area contributed by atoms with Crippen LogP contribution in [-0.4, -0.2) is 49.5 Å². The summed E-state index contributed by atoms with van der Waals surface area (Å²) in [4.78, 5) is 17.1. The highest BCUT2D eigenvalue weighted by molar-refractivity contribution is 7.90.